The summed E-state index contributed by atoms with van der Waals surface area (Å²) in [6, 6.07) is 6.93. The largest absolute Gasteiger partial charge is 0.492 e. The van der Waals surface area contributed by atoms with Crippen LogP contribution in [0.25, 0.3) is 0 Å². The SMILES string of the molecule is CCCCC(CC)Nc1ccc(C)cc1OCC. The number of unbranched alkanes of at least 4 members (excludes halogenated alkanes) is 1. The molecule has 2 nitrogen and oxygen atoms in total. The van der Waals surface area contributed by atoms with Gasteiger partial charge >= 0.3 is 0 Å². The van der Waals surface area contributed by atoms with E-state index >= 15 is 0 Å². The highest BCUT2D eigenvalue weighted by Gasteiger charge is 2.09. The molecule has 18 heavy (non-hydrogen) atoms. The molecule has 0 spiro atoms. The molecular formula is C16H27NO. The molecule has 102 valence electrons. The summed E-state index contributed by atoms with van der Waals surface area (Å²) in [7, 11) is 0. The van der Waals surface area contributed by atoms with Gasteiger partial charge in [0.2, 0.25) is 0 Å². The van der Waals surface area contributed by atoms with E-state index in [2.05, 4.69) is 44.3 Å². The van der Waals surface area contributed by atoms with Gasteiger partial charge in [0.25, 0.3) is 0 Å². The van der Waals surface area contributed by atoms with Gasteiger partial charge in [0.15, 0.2) is 0 Å². The van der Waals surface area contributed by atoms with Crippen LogP contribution < -0.4 is 10.1 Å². The zero-order valence-electron chi connectivity index (χ0n) is 12.3. The van der Waals surface area contributed by atoms with Crippen molar-refractivity contribution in [3.63, 3.8) is 0 Å². The van der Waals surface area contributed by atoms with E-state index in [9.17, 15) is 0 Å². The maximum atomic E-state index is 5.71. The maximum absolute atomic E-state index is 5.71. The number of nitrogens with one attached hydrogen (secondary N) is 1. The third-order valence-corrected chi connectivity index (χ3v) is 3.20. The molecule has 2 heteroatoms. The van der Waals surface area contributed by atoms with Crippen LogP contribution in [0.15, 0.2) is 18.2 Å². The first-order valence-corrected chi connectivity index (χ1v) is 7.21. The van der Waals surface area contributed by atoms with Gasteiger partial charge in [-0.25, -0.2) is 0 Å². The van der Waals surface area contributed by atoms with Gasteiger partial charge in [-0.3, -0.25) is 0 Å². The summed E-state index contributed by atoms with van der Waals surface area (Å²) >= 11 is 0. The highest BCUT2D eigenvalue weighted by molar-refractivity contribution is 5.58. The second-order valence-corrected chi connectivity index (χ2v) is 4.82. The van der Waals surface area contributed by atoms with E-state index < -0.39 is 0 Å². The first-order valence-electron chi connectivity index (χ1n) is 7.21. The molecule has 0 radical (unpaired) electrons. The molecule has 0 fully saturated rings. The topological polar surface area (TPSA) is 21.3 Å². The van der Waals surface area contributed by atoms with E-state index in [0.717, 1.165) is 17.9 Å². The number of anilines is 1. The molecule has 1 aromatic carbocycles. The molecule has 0 aliphatic carbocycles. The average Bonchev–Trinajstić information content (AvgIpc) is 2.37. The predicted octanol–water partition coefficient (Wildman–Crippen LogP) is 4.77. The molecule has 1 atom stereocenters. The van der Waals surface area contributed by atoms with Gasteiger partial charge in [-0.2, -0.15) is 0 Å². The standard InChI is InChI=1S/C16H27NO/c1-5-8-9-14(6-2)17-15-11-10-13(4)12-16(15)18-7-3/h10-12,14,17H,5-9H2,1-4H3. The predicted molar refractivity (Wildman–Crippen MR) is 79.6 cm³/mol. The summed E-state index contributed by atoms with van der Waals surface area (Å²) in [4.78, 5) is 0. The van der Waals surface area contributed by atoms with Crippen LogP contribution in [0.5, 0.6) is 5.75 Å². The lowest BCUT2D eigenvalue weighted by molar-refractivity contribution is 0.341. The Morgan fingerprint density at radius 1 is 1.22 bits per heavy atom. The van der Waals surface area contributed by atoms with Gasteiger partial charge in [0.1, 0.15) is 5.75 Å². The Balaban J connectivity index is 2.74. The molecule has 0 aromatic heterocycles. The molecule has 0 saturated carbocycles. The Bertz CT molecular complexity index is 349. The Morgan fingerprint density at radius 2 is 2.00 bits per heavy atom. The Hall–Kier alpha value is -1.18. The van der Waals surface area contributed by atoms with Crippen LogP contribution in [-0.4, -0.2) is 12.6 Å². The Morgan fingerprint density at radius 3 is 2.61 bits per heavy atom. The van der Waals surface area contributed by atoms with Crippen LogP contribution >= 0.6 is 0 Å². The van der Waals surface area contributed by atoms with Crippen LogP contribution in [0.4, 0.5) is 5.69 Å². The quantitative estimate of drug-likeness (QED) is 0.716. The highest BCUT2D eigenvalue weighted by atomic mass is 16.5. The Kier molecular flexibility index (Phi) is 6.63. The summed E-state index contributed by atoms with van der Waals surface area (Å²) in [6.07, 6.45) is 4.91. The molecule has 1 aromatic rings. The van der Waals surface area contributed by atoms with Crippen molar-refractivity contribution in [2.45, 2.75) is 59.4 Å². The smallest absolute Gasteiger partial charge is 0.142 e. The number of rotatable bonds is 8. The fourth-order valence-electron chi connectivity index (χ4n) is 2.07. The molecule has 0 heterocycles. The van der Waals surface area contributed by atoms with E-state index in [1.54, 1.807) is 0 Å². The summed E-state index contributed by atoms with van der Waals surface area (Å²) in [6.45, 7) is 9.32. The van der Waals surface area contributed by atoms with Gasteiger partial charge in [-0.15, -0.1) is 0 Å². The lowest BCUT2D eigenvalue weighted by Crippen LogP contribution is -2.18. The van der Waals surface area contributed by atoms with Crippen molar-refractivity contribution < 1.29 is 4.74 Å². The first-order chi connectivity index (χ1) is 8.71. The highest BCUT2D eigenvalue weighted by Crippen LogP contribution is 2.27. The number of ether oxygens (including phenoxy) is 1. The van der Waals surface area contributed by atoms with Crippen molar-refractivity contribution in [3.8, 4) is 5.75 Å². The van der Waals surface area contributed by atoms with Crippen LogP contribution in [0.3, 0.4) is 0 Å². The van der Waals surface area contributed by atoms with Crippen molar-refractivity contribution >= 4 is 5.69 Å². The summed E-state index contributed by atoms with van der Waals surface area (Å²) in [5.41, 5.74) is 2.37. The molecule has 0 saturated heterocycles. The molecule has 1 rings (SSSR count). The minimum atomic E-state index is 0.548. The van der Waals surface area contributed by atoms with E-state index in [0.29, 0.717) is 12.6 Å². The number of aryl methyl sites for hydroxylation is 1. The van der Waals surface area contributed by atoms with E-state index in [1.165, 1.54) is 24.8 Å². The van der Waals surface area contributed by atoms with Crippen molar-refractivity contribution in [2.75, 3.05) is 11.9 Å². The van der Waals surface area contributed by atoms with E-state index in [-0.39, 0.29) is 0 Å². The minimum Gasteiger partial charge on any atom is -0.492 e. The molecule has 1 unspecified atom stereocenters. The second kappa shape index (κ2) is 8.02. The molecule has 1 N–H and O–H groups in total. The fraction of sp³-hybridized carbons (Fsp3) is 0.625. The summed E-state index contributed by atoms with van der Waals surface area (Å²) < 4.78 is 5.71. The van der Waals surface area contributed by atoms with Crippen molar-refractivity contribution in [3.05, 3.63) is 23.8 Å². The van der Waals surface area contributed by atoms with Crippen molar-refractivity contribution in [2.24, 2.45) is 0 Å². The first kappa shape index (κ1) is 14.9. The van der Waals surface area contributed by atoms with Crippen molar-refractivity contribution in [1.29, 1.82) is 0 Å². The van der Waals surface area contributed by atoms with Gasteiger partial charge in [0.05, 0.1) is 12.3 Å². The van der Waals surface area contributed by atoms with Crippen LogP contribution in [-0.2, 0) is 0 Å². The maximum Gasteiger partial charge on any atom is 0.142 e. The third kappa shape index (κ3) is 4.59. The van der Waals surface area contributed by atoms with Crippen LogP contribution in [0.1, 0.15) is 52.0 Å². The lowest BCUT2D eigenvalue weighted by Gasteiger charge is -2.20. The van der Waals surface area contributed by atoms with E-state index in [4.69, 9.17) is 4.74 Å². The fourth-order valence-corrected chi connectivity index (χ4v) is 2.07. The zero-order valence-corrected chi connectivity index (χ0v) is 12.3. The molecule has 0 bridgehead atoms. The number of hydrogen-bond acceptors (Lipinski definition) is 2. The second-order valence-electron chi connectivity index (χ2n) is 4.82. The number of benzene rings is 1. The molecule has 0 aliphatic heterocycles. The van der Waals surface area contributed by atoms with Crippen LogP contribution in [0.2, 0.25) is 0 Å². The monoisotopic (exact) mass is 249 g/mol. The van der Waals surface area contributed by atoms with Crippen molar-refractivity contribution in [1.82, 2.24) is 0 Å². The average molecular weight is 249 g/mol. The molecule has 0 amide bonds. The zero-order chi connectivity index (χ0) is 13.4. The van der Waals surface area contributed by atoms with Crippen LogP contribution in [0, 0.1) is 6.92 Å². The Labute approximate surface area is 112 Å². The lowest BCUT2D eigenvalue weighted by atomic mass is 10.1. The normalized spacial score (nSPS) is 12.2. The molecule has 0 aliphatic rings. The summed E-state index contributed by atoms with van der Waals surface area (Å²) in [5, 5.41) is 3.62. The summed E-state index contributed by atoms with van der Waals surface area (Å²) in [5.74, 6) is 0.979. The van der Waals surface area contributed by atoms with E-state index in [1.807, 2.05) is 6.92 Å². The van der Waals surface area contributed by atoms with Gasteiger partial charge < -0.3 is 10.1 Å². The number of hydrogen-bond donors (Lipinski definition) is 1. The minimum absolute atomic E-state index is 0.548. The molecular weight excluding hydrogens is 222 g/mol. The van der Waals surface area contributed by atoms with Gasteiger partial charge in [-0.05, 0) is 44.4 Å². The van der Waals surface area contributed by atoms with Gasteiger partial charge in [-0.1, -0.05) is 32.8 Å². The third-order valence-electron chi connectivity index (χ3n) is 3.20. The van der Waals surface area contributed by atoms with Gasteiger partial charge in [0, 0.05) is 6.04 Å².